The Morgan fingerprint density at radius 3 is 1.48 bits per heavy atom. The summed E-state index contributed by atoms with van der Waals surface area (Å²) in [4.78, 5) is 35.8. The van der Waals surface area contributed by atoms with E-state index in [-0.39, 0.29) is 5.78 Å². The number of aryl methyl sites for hydroxylation is 1. The third-order valence-electron chi connectivity index (χ3n) is 5.02. The molecule has 5 heteroatoms. The first kappa shape index (κ1) is 27.2. The van der Waals surface area contributed by atoms with Crippen molar-refractivity contribution in [1.29, 1.82) is 0 Å². The van der Waals surface area contributed by atoms with Gasteiger partial charge in [0.15, 0.2) is 5.78 Å². The lowest BCUT2D eigenvalue weighted by Gasteiger charge is -2.29. The Kier molecular flexibility index (Phi) is 7.97. The van der Waals surface area contributed by atoms with Gasteiger partial charge in [0.1, 0.15) is 11.2 Å². The van der Waals surface area contributed by atoms with Crippen LogP contribution in [-0.4, -0.2) is 17.0 Å². The minimum atomic E-state index is -0.714. The van der Waals surface area contributed by atoms with Gasteiger partial charge in [0.2, 0.25) is 0 Å². The molecule has 0 heterocycles. The van der Waals surface area contributed by atoms with Gasteiger partial charge < -0.3 is 0 Å². The molecule has 0 unspecified atom stereocenters. The number of carbonyl (C=O) groups excluding carboxylic acids is 1. The molecule has 0 radical (unpaired) electrons. The monoisotopic (exact) mass is 456 g/mol. The molecule has 0 bridgehead atoms. The lowest BCUT2D eigenvalue weighted by molar-refractivity contribution is -0.401. The summed E-state index contributed by atoms with van der Waals surface area (Å²) in [6, 6.07) is 13.3. The van der Waals surface area contributed by atoms with Crippen LogP contribution in [0.4, 0.5) is 0 Å². The molecule has 0 spiro atoms. The number of ketones is 1. The van der Waals surface area contributed by atoms with Gasteiger partial charge in [-0.3, -0.25) is 4.79 Å². The smallest absolute Gasteiger partial charge is 0.193 e. The van der Waals surface area contributed by atoms with Gasteiger partial charge in [0.25, 0.3) is 0 Å². The van der Waals surface area contributed by atoms with Crippen LogP contribution in [-0.2, 0) is 30.8 Å². The molecule has 0 saturated heterocycles. The van der Waals surface area contributed by atoms with Crippen LogP contribution < -0.4 is 0 Å². The first-order valence-electron chi connectivity index (χ1n) is 11.4. The molecule has 0 atom stereocenters. The van der Waals surface area contributed by atoms with Gasteiger partial charge in [0.05, 0.1) is 11.2 Å². The third kappa shape index (κ3) is 7.75. The van der Waals surface area contributed by atoms with Crippen LogP contribution in [0.25, 0.3) is 0 Å². The van der Waals surface area contributed by atoms with Crippen molar-refractivity contribution >= 4 is 5.78 Å². The molecule has 2 aromatic carbocycles. The van der Waals surface area contributed by atoms with Gasteiger partial charge in [-0.2, -0.15) is 0 Å². The zero-order valence-electron chi connectivity index (χ0n) is 22.1. The Balaban J connectivity index is 2.26. The second kappa shape index (κ2) is 9.67. The highest BCUT2D eigenvalue weighted by molar-refractivity contribution is 6.10. The molecule has 0 aromatic heterocycles. The summed E-state index contributed by atoms with van der Waals surface area (Å²) in [6.07, 6.45) is 0. The van der Waals surface area contributed by atoms with Crippen LogP contribution in [0, 0.1) is 6.92 Å². The quantitative estimate of drug-likeness (QED) is 0.239. The van der Waals surface area contributed by atoms with Crippen molar-refractivity contribution in [3.8, 4) is 0 Å². The highest BCUT2D eigenvalue weighted by atomic mass is 17.2. The number of benzene rings is 2. The zero-order valence-corrected chi connectivity index (χ0v) is 22.1. The van der Waals surface area contributed by atoms with Crippen LogP contribution >= 0.6 is 0 Å². The number of rotatable bonds is 8. The second-order valence-electron chi connectivity index (χ2n) is 11.5. The normalized spacial score (nSPS) is 13.3. The Morgan fingerprint density at radius 1 is 0.606 bits per heavy atom. The summed E-state index contributed by atoms with van der Waals surface area (Å²) in [5.74, 6) is -0.0434. The summed E-state index contributed by atoms with van der Waals surface area (Å²) < 4.78 is 0. The predicted molar refractivity (Wildman–Crippen MR) is 131 cm³/mol. The highest BCUT2D eigenvalue weighted by Gasteiger charge is 2.29. The lowest BCUT2D eigenvalue weighted by atomic mass is 9.90. The second-order valence-corrected chi connectivity index (χ2v) is 11.5. The molecule has 0 aliphatic carbocycles. The van der Waals surface area contributed by atoms with Crippen LogP contribution in [0.2, 0.25) is 0 Å². The van der Waals surface area contributed by atoms with E-state index in [0.717, 1.165) is 16.7 Å². The van der Waals surface area contributed by atoms with E-state index in [9.17, 15) is 4.79 Å². The molecule has 0 amide bonds. The van der Waals surface area contributed by atoms with Crippen molar-refractivity contribution in [3.63, 3.8) is 0 Å². The van der Waals surface area contributed by atoms with Crippen LogP contribution in [0.5, 0.6) is 0 Å². The fourth-order valence-electron chi connectivity index (χ4n) is 2.97. The predicted octanol–water partition coefficient (Wildman–Crippen LogP) is 7.19. The molecule has 33 heavy (non-hydrogen) atoms. The summed E-state index contributed by atoms with van der Waals surface area (Å²) in [5, 5.41) is 0. The Labute approximate surface area is 199 Å². The zero-order chi connectivity index (χ0) is 25.2. The van der Waals surface area contributed by atoms with E-state index in [1.807, 2.05) is 119 Å². The molecular formula is C28H40O5. The van der Waals surface area contributed by atoms with E-state index < -0.39 is 22.4 Å². The standard InChI is InChI=1S/C28H40O5/c1-19-12-15-22(28(10,11)33-31-26(5,6)7)18-23(19)24(29)20-13-16-21(17-14-20)27(8,9)32-30-25(2,3)4/h12-18H,1-11H3. The van der Waals surface area contributed by atoms with Crippen molar-refractivity contribution in [2.75, 3.05) is 0 Å². The number of hydrogen-bond donors (Lipinski definition) is 0. The number of hydrogen-bond acceptors (Lipinski definition) is 5. The minimum Gasteiger partial charge on any atom is -0.289 e. The van der Waals surface area contributed by atoms with Crippen LogP contribution in [0.15, 0.2) is 42.5 Å². The van der Waals surface area contributed by atoms with Gasteiger partial charge in [-0.05, 0) is 98.9 Å². The Hall–Kier alpha value is -2.05. The molecule has 2 rings (SSSR count). The summed E-state index contributed by atoms with van der Waals surface area (Å²) in [7, 11) is 0. The van der Waals surface area contributed by atoms with Gasteiger partial charge in [-0.15, -0.1) is 0 Å². The van der Waals surface area contributed by atoms with E-state index in [1.54, 1.807) is 0 Å². The van der Waals surface area contributed by atoms with Gasteiger partial charge in [-0.1, -0.05) is 36.4 Å². The van der Waals surface area contributed by atoms with E-state index in [4.69, 9.17) is 19.6 Å². The fourth-order valence-corrected chi connectivity index (χ4v) is 2.97. The molecule has 2 aromatic rings. The van der Waals surface area contributed by atoms with Crippen molar-refractivity contribution in [2.45, 2.75) is 98.6 Å². The summed E-state index contributed by atoms with van der Waals surface area (Å²) in [5.41, 5.74) is 1.72. The molecule has 0 N–H and O–H groups in total. The molecule has 0 fully saturated rings. The van der Waals surface area contributed by atoms with Crippen molar-refractivity contribution in [2.24, 2.45) is 0 Å². The maximum absolute atomic E-state index is 13.4. The SMILES string of the molecule is Cc1ccc(C(C)(C)OOC(C)(C)C)cc1C(=O)c1ccc(C(C)(C)OOC(C)(C)C)cc1. The van der Waals surface area contributed by atoms with E-state index >= 15 is 0 Å². The minimum absolute atomic E-state index is 0.0434. The first-order valence-corrected chi connectivity index (χ1v) is 11.4. The van der Waals surface area contributed by atoms with Crippen molar-refractivity contribution in [3.05, 3.63) is 70.3 Å². The maximum atomic E-state index is 13.4. The van der Waals surface area contributed by atoms with Crippen LogP contribution in [0.1, 0.15) is 102 Å². The fraction of sp³-hybridized carbons (Fsp3) is 0.536. The molecular weight excluding hydrogens is 416 g/mol. The summed E-state index contributed by atoms with van der Waals surface area (Å²) in [6.45, 7) is 21.2. The largest absolute Gasteiger partial charge is 0.289 e. The Bertz CT molecular complexity index is 957. The van der Waals surface area contributed by atoms with Gasteiger partial charge >= 0.3 is 0 Å². The topological polar surface area (TPSA) is 54.0 Å². The van der Waals surface area contributed by atoms with Gasteiger partial charge in [0, 0.05) is 11.1 Å². The molecule has 182 valence electrons. The summed E-state index contributed by atoms with van der Waals surface area (Å²) >= 11 is 0. The third-order valence-corrected chi connectivity index (χ3v) is 5.02. The van der Waals surface area contributed by atoms with Crippen LogP contribution in [0.3, 0.4) is 0 Å². The molecule has 5 nitrogen and oxygen atoms in total. The maximum Gasteiger partial charge on any atom is 0.193 e. The van der Waals surface area contributed by atoms with Gasteiger partial charge in [-0.25, -0.2) is 19.6 Å². The van der Waals surface area contributed by atoms with E-state index in [1.165, 1.54) is 0 Å². The van der Waals surface area contributed by atoms with E-state index in [2.05, 4.69) is 0 Å². The van der Waals surface area contributed by atoms with Crippen molar-refractivity contribution in [1.82, 2.24) is 0 Å². The molecule has 0 aliphatic rings. The molecule has 0 saturated carbocycles. The first-order chi connectivity index (χ1) is 14.9. The number of carbonyl (C=O) groups is 1. The molecule has 0 aliphatic heterocycles. The van der Waals surface area contributed by atoms with E-state index in [0.29, 0.717) is 11.1 Å². The average molecular weight is 457 g/mol. The average Bonchev–Trinajstić information content (AvgIpc) is 2.70. The Morgan fingerprint density at radius 2 is 1.03 bits per heavy atom. The van der Waals surface area contributed by atoms with Crippen molar-refractivity contribution < 1.29 is 24.3 Å². The highest BCUT2D eigenvalue weighted by Crippen LogP contribution is 2.31. The lowest BCUT2D eigenvalue weighted by Crippen LogP contribution is -2.29.